The standard InChI is InChI=1S/C16H12I2/c17-15(13-7-3-1-4-8-13)11-12-16(18)14-9-5-2-6-10-14/h1-12H. The van der Waals surface area contributed by atoms with Crippen molar-refractivity contribution in [1.82, 2.24) is 0 Å². The highest BCUT2D eigenvalue weighted by molar-refractivity contribution is 14.1. The first-order valence-corrected chi connectivity index (χ1v) is 7.77. The summed E-state index contributed by atoms with van der Waals surface area (Å²) in [6.45, 7) is 0. The minimum absolute atomic E-state index is 1.25. The summed E-state index contributed by atoms with van der Waals surface area (Å²) >= 11 is 4.75. The zero-order valence-electron chi connectivity index (χ0n) is 9.68. The molecule has 0 heterocycles. The maximum absolute atomic E-state index is 2.37. The second-order valence-corrected chi connectivity index (χ2v) is 6.09. The van der Waals surface area contributed by atoms with Gasteiger partial charge in [-0.2, -0.15) is 0 Å². The Morgan fingerprint density at radius 3 is 1.28 bits per heavy atom. The molecule has 2 rings (SSSR count). The Kier molecular flexibility index (Phi) is 5.44. The predicted octanol–water partition coefficient (Wildman–Crippen LogP) is 5.94. The Labute approximate surface area is 135 Å². The highest BCUT2D eigenvalue weighted by Crippen LogP contribution is 2.25. The van der Waals surface area contributed by atoms with Gasteiger partial charge < -0.3 is 0 Å². The van der Waals surface area contributed by atoms with Gasteiger partial charge in [0.1, 0.15) is 0 Å². The average Bonchev–Trinajstić information content (AvgIpc) is 2.46. The summed E-state index contributed by atoms with van der Waals surface area (Å²) in [7, 11) is 0. The lowest BCUT2D eigenvalue weighted by molar-refractivity contribution is 1.65. The molecule has 0 N–H and O–H groups in total. The van der Waals surface area contributed by atoms with Crippen LogP contribution in [-0.2, 0) is 0 Å². The summed E-state index contributed by atoms with van der Waals surface area (Å²) in [5.74, 6) is 0. The minimum Gasteiger partial charge on any atom is -0.0622 e. The summed E-state index contributed by atoms with van der Waals surface area (Å²) in [6, 6.07) is 20.8. The van der Waals surface area contributed by atoms with E-state index in [4.69, 9.17) is 0 Å². The van der Waals surface area contributed by atoms with Gasteiger partial charge in [0.15, 0.2) is 0 Å². The van der Waals surface area contributed by atoms with Gasteiger partial charge in [0, 0.05) is 7.16 Å². The summed E-state index contributed by atoms with van der Waals surface area (Å²) in [5, 5.41) is 0. The Bertz CT molecular complexity index is 501. The van der Waals surface area contributed by atoms with Crippen molar-refractivity contribution < 1.29 is 0 Å². The van der Waals surface area contributed by atoms with Crippen molar-refractivity contribution in [3.8, 4) is 0 Å². The van der Waals surface area contributed by atoms with Crippen LogP contribution in [0.3, 0.4) is 0 Å². The third-order valence-corrected chi connectivity index (χ3v) is 4.44. The number of halogens is 2. The minimum atomic E-state index is 1.25. The summed E-state index contributed by atoms with van der Waals surface area (Å²) in [5.41, 5.74) is 2.51. The maximum atomic E-state index is 2.37. The maximum Gasteiger partial charge on any atom is 0.0203 e. The first kappa shape index (κ1) is 13.8. The molecular formula is C16H12I2. The first-order chi connectivity index (χ1) is 8.77. The van der Waals surface area contributed by atoms with Crippen molar-refractivity contribution in [2.24, 2.45) is 0 Å². The monoisotopic (exact) mass is 458 g/mol. The topological polar surface area (TPSA) is 0 Å². The molecule has 2 heteroatoms. The van der Waals surface area contributed by atoms with Crippen LogP contribution in [0.2, 0.25) is 0 Å². The molecule has 0 radical (unpaired) electrons. The van der Waals surface area contributed by atoms with Gasteiger partial charge in [-0.05, 0) is 68.5 Å². The number of benzene rings is 2. The van der Waals surface area contributed by atoms with E-state index in [1.54, 1.807) is 0 Å². The molecule has 0 bridgehead atoms. The van der Waals surface area contributed by atoms with Crippen LogP contribution < -0.4 is 0 Å². The SMILES string of the molecule is IC(=CC=C(I)c1ccccc1)c1ccccc1. The van der Waals surface area contributed by atoms with Gasteiger partial charge in [0.25, 0.3) is 0 Å². The molecule has 0 saturated heterocycles. The quantitative estimate of drug-likeness (QED) is 0.395. The number of allylic oxidation sites excluding steroid dienone is 2. The van der Waals surface area contributed by atoms with E-state index in [9.17, 15) is 0 Å². The van der Waals surface area contributed by atoms with Crippen molar-refractivity contribution in [1.29, 1.82) is 0 Å². The van der Waals surface area contributed by atoms with E-state index in [-0.39, 0.29) is 0 Å². The molecule has 2 aromatic rings. The average molecular weight is 458 g/mol. The molecule has 0 saturated carbocycles. The lowest BCUT2D eigenvalue weighted by Crippen LogP contribution is -1.75. The molecule has 0 amide bonds. The fourth-order valence-electron chi connectivity index (χ4n) is 1.53. The van der Waals surface area contributed by atoms with E-state index in [1.165, 1.54) is 18.3 Å². The van der Waals surface area contributed by atoms with Gasteiger partial charge >= 0.3 is 0 Å². The van der Waals surface area contributed by atoms with E-state index in [2.05, 4.69) is 106 Å². The molecule has 0 spiro atoms. The summed E-state index contributed by atoms with van der Waals surface area (Å²) < 4.78 is 2.50. The molecule has 0 nitrogen and oxygen atoms in total. The third kappa shape index (κ3) is 3.95. The first-order valence-electron chi connectivity index (χ1n) is 5.61. The van der Waals surface area contributed by atoms with Gasteiger partial charge in [0.05, 0.1) is 0 Å². The molecule has 0 aliphatic carbocycles. The zero-order valence-corrected chi connectivity index (χ0v) is 14.0. The fraction of sp³-hybridized carbons (Fsp3) is 0. The molecule has 0 unspecified atom stereocenters. The Morgan fingerprint density at radius 2 is 0.944 bits per heavy atom. The number of hydrogen-bond donors (Lipinski definition) is 0. The lowest BCUT2D eigenvalue weighted by atomic mass is 10.2. The van der Waals surface area contributed by atoms with Crippen LogP contribution in [0.1, 0.15) is 11.1 Å². The van der Waals surface area contributed by atoms with Crippen molar-refractivity contribution in [2.45, 2.75) is 0 Å². The molecule has 18 heavy (non-hydrogen) atoms. The van der Waals surface area contributed by atoms with Gasteiger partial charge in [-0.15, -0.1) is 0 Å². The van der Waals surface area contributed by atoms with Gasteiger partial charge in [-0.25, -0.2) is 0 Å². The molecule has 2 aromatic carbocycles. The fourth-order valence-corrected chi connectivity index (χ4v) is 2.61. The normalized spacial score (nSPS) is 12.6. The molecular weight excluding hydrogens is 446 g/mol. The van der Waals surface area contributed by atoms with Crippen LogP contribution >= 0.6 is 45.2 Å². The van der Waals surface area contributed by atoms with E-state index in [0.29, 0.717) is 0 Å². The highest BCUT2D eigenvalue weighted by atomic mass is 127. The zero-order chi connectivity index (χ0) is 12.8. The second kappa shape index (κ2) is 7.09. The van der Waals surface area contributed by atoms with Crippen LogP contribution in [-0.4, -0.2) is 0 Å². The molecule has 0 aromatic heterocycles. The van der Waals surface area contributed by atoms with Crippen LogP contribution in [0.25, 0.3) is 7.16 Å². The van der Waals surface area contributed by atoms with E-state index in [1.807, 2.05) is 12.1 Å². The van der Waals surface area contributed by atoms with Gasteiger partial charge in [-0.3, -0.25) is 0 Å². The molecule has 0 aliphatic rings. The van der Waals surface area contributed by atoms with Crippen molar-refractivity contribution >= 4 is 52.3 Å². The highest BCUT2D eigenvalue weighted by Gasteiger charge is 1.96. The third-order valence-electron chi connectivity index (χ3n) is 2.48. The van der Waals surface area contributed by atoms with Crippen LogP contribution in [0.4, 0.5) is 0 Å². The molecule has 0 aliphatic heterocycles. The molecule has 0 fully saturated rings. The molecule has 90 valence electrons. The van der Waals surface area contributed by atoms with Crippen LogP contribution in [0, 0.1) is 0 Å². The Hall–Kier alpha value is -0.620. The summed E-state index contributed by atoms with van der Waals surface area (Å²) in [4.78, 5) is 0. The van der Waals surface area contributed by atoms with Crippen molar-refractivity contribution in [2.75, 3.05) is 0 Å². The Morgan fingerprint density at radius 1 is 0.611 bits per heavy atom. The van der Waals surface area contributed by atoms with E-state index in [0.717, 1.165) is 0 Å². The van der Waals surface area contributed by atoms with Crippen molar-refractivity contribution in [3.63, 3.8) is 0 Å². The number of hydrogen-bond acceptors (Lipinski definition) is 0. The van der Waals surface area contributed by atoms with Gasteiger partial charge in [-0.1, -0.05) is 60.7 Å². The smallest absolute Gasteiger partial charge is 0.0203 e. The molecule has 0 atom stereocenters. The van der Waals surface area contributed by atoms with Crippen molar-refractivity contribution in [3.05, 3.63) is 83.9 Å². The lowest BCUT2D eigenvalue weighted by Gasteiger charge is -1.99. The van der Waals surface area contributed by atoms with E-state index >= 15 is 0 Å². The number of rotatable bonds is 3. The second-order valence-electron chi connectivity index (χ2n) is 3.76. The van der Waals surface area contributed by atoms with Gasteiger partial charge in [0.2, 0.25) is 0 Å². The Balaban J connectivity index is 2.20. The van der Waals surface area contributed by atoms with Crippen LogP contribution in [0.15, 0.2) is 72.8 Å². The largest absolute Gasteiger partial charge is 0.0622 e. The predicted molar refractivity (Wildman–Crippen MR) is 96.9 cm³/mol. The van der Waals surface area contributed by atoms with E-state index < -0.39 is 0 Å². The summed E-state index contributed by atoms with van der Waals surface area (Å²) in [6.07, 6.45) is 4.31. The van der Waals surface area contributed by atoms with Crippen LogP contribution in [0.5, 0.6) is 0 Å².